The average molecular weight is 394 g/mol. The van der Waals surface area contributed by atoms with Gasteiger partial charge in [-0.2, -0.15) is 0 Å². The molecule has 1 aromatic heterocycles. The third kappa shape index (κ3) is 4.41. The second kappa shape index (κ2) is 7.97. The summed E-state index contributed by atoms with van der Waals surface area (Å²) in [4.78, 5) is 17.3. The maximum Gasteiger partial charge on any atom is 0.357 e. The molecular formula is C22H22N2O5. The van der Waals surface area contributed by atoms with E-state index in [1.165, 1.54) is 23.0 Å². The Morgan fingerprint density at radius 3 is 2.66 bits per heavy atom. The van der Waals surface area contributed by atoms with E-state index in [-0.39, 0.29) is 12.5 Å². The first-order valence-electron chi connectivity index (χ1n) is 9.32. The van der Waals surface area contributed by atoms with E-state index in [1.54, 1.807) is 0 Å². The van der Waals surface area contributed by atoms with Crippen LogP contribution < -0.4 is 9.47 Å². The van der Waals surface area contributed by atoms with Gasteiger partial charge in [0.05, 0.1) is 6.54 Å². The van der Waals surface area contributed by atoms with E-state index in [4.69, 9.17) is 19.0 Å². The fraction of sp³-hybridized carbons (Fsp3) is 0.273. The van der Waals surface area contributed by atoms with Crippen molar-refractivity contribution < 1.29 is 23.8 Å². The number of carbonyl (C=O) groups is 1. The van der Waals surface area contributed by atoms with Crippen LogP contribution in [0.25, 0.3) is 0 Å². The number of carboxylic acids is 1. The van der Waals surface area contributed by atoms with Gasteiger partial charge in [-0.3, -0.25) is 4.90 Å². The van der Waals surface area contributed by atoms with Gasteiger partial charge in [-0.05, 0) is 42.7 Å². The summed E-state index contributed by atoms with van der Waals surface area (Å²) in [5.41, 5.74) is 4.59. The molecule has 2 aromatic carbocycles. The van der Waals surface area contributed by atoms with Crippen LogP contribution in [0.3, 0.4) is 0 Å². The molecule has 1 aliphatic heterocycles. The molecule has 7 heteroatoms. The molecular weight excluding hydrogens is 372 g/mol. The smallest absolute Gasteiger partial charge is 0.357 e. The van der Waals surface area contributed by atoms with Crippen molar-refractivity contribution in [2.24, 2.45) is 0 Å². The molecule has 1 aliphatic rings. The molecule has 0 amide bonds. The maximum atomic E-state index is 11.1. The molecule has 0 aliphatic carbocycles. The lowest BCUT2D eigenvalue weighted by Crippen LogP contribution is -2.23. The van der Waals surface area contributed by atoms with Gasteiger partial charge in [-0.25, -0.2) is 9.78 Å². The van der Waals surface area contributed by atoms with Crippen LogP contribution in [0.2, 0.25) is 0 Å². The molecule has 7 nitrogen and oxygen atoms in total. The Morgan fingerprint density at radius 2 is 1.90 bits per heavy atom. The highest BCUT2D eigenvalue weighted by atomic mass is 16.7. The van der Waals surface area contributed by atoms with Crippen LogP contribution in [0.5, 0.6) is 11.5 Å². The monoisotopic (exact) mass is 394 g/mol. The number of aromatic nitrogens is 1. The predicted octanol–water partition coefficient (Wildman–Crippen LogP) is 3.92. The predicted molar refractivity (Wildman–Crippen MR) is 105 cm³/mol. The van der Waals surface area contributed by atoms with Gasteiger partial charge in [-0.1, -0.05) is 29.8 Å². The van der Waals surface area contributed by atoms with Crippen LogP contribution in [-0.2, 0) is 19.6 Å². The number of aryl methyl sites for hydroxylation is 2. The van der Waals surface area contributed by atoms with Crippen molar-refractivity contribution in [1.29, 1.82) is 0 Å². The Balaban J connectivity index is 1.57. The summed E-state index contributed by atoms with van der Waals surface area (Å²) in [7, 11) is 0. The van der Waals surface area contributed by atoms with Crippen molar-refractivity contribution in [3.63, 3.8) is 0 Å². The summed E-state index contributed by atoms with van der Waals surface area (Å²) in [6, 6.07) is 12.2. The number of aromatic carboxylic acids is 1. The highest BCUT2D eigenvalue weighted by Gasteiger charge is 2.18. The second-order valence-electron chi connectivity index (χ2n) is 7.19. The summed E-state index contributed by atoms with van der Waals surface area (Å²) >= 11 is 0. The number of hydrogen-bond acceptors (Lipinski definition) is 6. The van der Waals surface area contributed by atoms with Crippen LogP contribution in [0, 0.1) is 13.8 Å². The van der Waals surface area contributed by atoms with Crippen molar-refractivity contribution >= 4 is 5.97 Å². The van der Waals surface area contributed by atoms with Gasteiger partial charge >= 0.3 is 5.97 Å². The Morgan fingerprint density at radius 1 is 1.07 bits per heavy atom. The summed E-state index contributed by atoms with van der Waals surface area (Å²) in [5, 5.41) is 9.09. The highest BCUT2D eigenvalue weighted by Crippen LogP contribution is 2.33. The summed E-state index contributed by atoms with van der Waals surface area (Å²) in [6.45, 7) is 6.07. The van der Waals surface area contributed by atoms with E-state index in [0.717, 1.165) is 17.1 Å². The van der Waals surface area contributed by atoms with Gasteiger partial charge in [0.15, 0.2) is 17.2 Å². The molecule has 4 rings (SSSR count). The number of ether oxygens (including phenoxy) is 2. The fourth-order valence-electron chi connectivity index (χ4n) is 3.40. The van der Waals surface area contributed by atoms with E-state index in [0.29, 0.717) is 25.5 Å². The Labute approximate surface area is 168 Å². The summed E-state index contributed by atoms with van der Waals surface area (Å²) < 4.78 is 16.2. The van der Waals surface area contributed by atoms with Gasteiger partial charge in [0.1, 0.15) is 6.26 Å². The molecule has 0 bridgehead atoms. The van der Waals surface area contributed by atoms with Crippen molar-refractivity contribution in [2.45, 2.75) is 33.5 Å². The first kappa shape index (κ1) is 19.0. The molecule has 0 saturated heterocycles. The molecule has 0 saturated carbocycles. The number of benzene rings is 2. The third-order valence-electron chi connectivity index (χ3n) is 4.86. The van der Waals surface area contributed by atoms with E-state index in [2.05, 4.69) is 41.9 Å². The van der Waals surface area contributed by atoms with E-state index >= 15 is 0 Å². The highest BCUT2D eigenvalue weighted by molar-refractivity contribution is 5.84. The summed E-state index contributed by atoms with van der Waals surface area (Å²) in [6.07, 6.45) is 1.17. The zero-order chi connectivity index (χ0) is 20.4. The fourth-order valence-corrected chi connectivity index (χ4v) is 3.40. The number of oxazole rings is 1. The van der Waals surface area contributed by atoms with Gasteiger partial charge in [0.2, 0.25) is 12.7 Å². The van der Waals surface area contributed by atoms with E-state index < -0.39 is 5.97 Å². The lowest BCUT2D eigenvalue weighted by Gasteiger charge is -2.22. The molecule has 2 heterocycles. The average Bonchev–Trinajstić information content (AvgIpc) is 3.33. The number of hydrogen-bond donors (Lipinski definition) is 1. The lowest BCUT2D eigenvalue weighted by atomic mass is 10.0. The minimum Gasteiger partial charge on any atom is -0.476 e. The van der Waals surface area contributed by atoms with E-state index in [1.807, 2.05) is 18.2 Å². The second-order valence-corrected chi connectivity index (χ2v) is 7.19. The van der Waals surface area contributed by atoms with Gasteiger partial charge in [0, 0.05) is 13.1 Å². The number of rotatable bonds is 7. The SMILES string of the molecule is Cc1ccc(CN(Cc2ccc3c(c2)OCO3)Cc2nc(C(=O)O)co2)c(C)c1. The quantitative estimate of drug-likeness (QED) is 0.650. The van der Waals surface area contributed by atoms with Gasteiger partial charge in [0.25, 0.3) is 0 Å². The van der Waals surface area contributed by atoms with Crippen molar-refractivity contribution in [3.05, 3.63) is 76.5 Å². The topological polar surface area (TPSA) is 85.0 Å². The summed E-state index contributed by atoms with van der Waals surface area (Å²) in [5.74, 6) is 0.747. The first-order valence-corrected chi connectivity index (χ1v) is 9.32. The molecule has 29 heavy (non-hydrogen) atoms. The minimum atomic E-state index is -1.10. The maximum absolute atomic E-state index is 11.1. The zero-order valence-electron chi connectivity index (χ0n) is 16.3. The molecule has 150 valence electrons. The Hall–Kier alpha value is -3.32. The number of carboxylic acid groups (broad SMARTS) is 1. The van der Waals surface area contributed by atoms with Crippen LogP contribution in [0.15, 0.2) is 47.1 Å². The van der Waals surface area contributed by atoms with Crippen molar-refractivity contribution in [2.75, 3.05) is 6.79 Å². The van der Waals surface area contributed by atoms with Crippen LogP contribution in [0.1, 0.15) is 38.6 Å². The van der Waals surface area contributed by atoms with Crippen molar-refractivity contribution in [3.8, 4) is 11.5 Å². The molecule has 1 N–H and O–H groups in total. The minimum absolute atomic E-state index is 0.0884. The molecule has 0 spiro atoms. The number of nitrogens with zero attached hydrogens (tertiary/aromatic N) is 2. The van der Waals surface area contributed by atoms with E-state index in [9.17, 15) is 4.79 Å². The molecule has 0 atom stereocenters. The van der Waals surface area contributed by atoms with Crippen LogP contribution >= 0.6 is 0 Å². The molecule has 0 unspecified atom stereocenters. The van der Waals surface area contributed by atoms with Gasteiger partial charge in [-0.15, -0.1) is 0 Å². The molecule has 3 aromatic rings. The largest absolute Gasteiger partial charge is 0.476 e. The van der Waals surface area contributed by atoms with Crippen molar-refractivity contribution in [1.82, 2.24) is 9.88 Å². The normalized spacial score (nSPS) is 12.5. The van der Waals surface area contributed by atoms with Crippen LogP contribution in [-0.4, -0.2) is 27.8 Å². The third-order valence-corrected chi connectivity index (χ3v) is 4.86. The Bertz CT molecular complexity index is 1040. The molecule has 0 radical (unpaired) electrons. The van der Waals surface area contributed by atoms with Gasteiger partial charge < -0.3 is 19.0 Å². The lowest BCUT2D eigenvalue weighted by molar-refractivity contribution is 0.0690. The number of fused-ring (bicyclic) bond motifs is 1. The first-order chi connectivity index (χ1) is 14.0. The van der Waals surface area contributed by atoms with Crippen LogP contribution in [0.4, 0.5) is 0 Å². The Kier molecular flexibility index (Phi) is 5.22. The standard InChI is InChI=1S/C22H22N2O5/c1-14-3-5-17(15(2)7-14)10-24(11-21-23-18(12-27-21)22(25)26)9-16-4-6-19-20(8-16)29-13-28-19/h3-8,12H,9-11,13H2,1-2H3,(H,25,26). The zero-order valence-corrected chi connectivity index (χ0v) is 16.3. The molecule has 0 fully saturated rings.